The van der Waals surface area contributed by atoms with Crippen LogP contribution in [-0.4, -0.2) is 6.29 Å². The summed E-state index contributed by atoms with van der Waals surface area (Å²) in [5, 5.41) is 0. The summed E-state index contributed by atoms with van der Waals surface area (Å²) in [6, 6.07) is 3.93. The summed E-state index contributed by atoms with van der Waals surface area (Å²) in [7, 11) is 0. The van der Waals surface area contributed by atoms with E-state index >= 15 is 0 Å². The Morgan fingerprint density at radius 1 is 1.33 bits per heavy atom. The molecule has 5 heteroatoms. The molecule has 0 aliphatic heterocycles. The topological polar surface area (TPSA) is 17.1 Å². The highest BCUT2D eigenvalue weighted by atomic mass is 127. The number of hydrogen-bond donors (Lipinski definition) is 0. The van der Waals surface area contributed by atoms with Crippen molar-refractivity contribution in [2.75, 3.05) is 0 Å². The Kier molecular flexibility index (Phi) is 4.12. The molecule has 0 radical (unpaired) electrons. The number of carbonyl (C=O) groups is 1. The smallest absolute Gasteiger partial charge is 0.303 e. The van der Waals surface area contributed by atoms with Crippen LogP contribution in [0.3, 0.4) is 0 Å². The molecule has 0 spiro atoms. The van der Waals surface area contributed by atoms with Gasteiger partial charge in [-0.2, -0.15) is 13.2 Å². The number of aldehydes is 1. The highest BCUT2D eigenvalue weighted by molar-refractivity contribution is 14.1. The number of rotatable bonds is 3. The molecule has 1 aromatic rings. The Bertz CT molecular complexity index is 360. The average Bonchev–Trinajstić information content (AvgIpc) is 2.12. The maximum absolute atomic E-state index is 12.4. The number of carbonyl (C=O) groups excluding carboxylic acids is 1. The van der Waals surface area contributed by atoms with Gasteiger partial charge in [-0.1, -0.05) is 6.07 Å². The zero-order valence-electron chi connectivity index (χ0n) is 7.64. The Hall–Kier alpha value is -0.590. The van der Waals surface area contributed by atoms with Gasteiger partial charge >= 0.3 is 6.18 Å². The summed E-state index contributed by atoms with van der Waals surface area (Å²) in [5.41, 5.74) is 0.123. The summed E-state index contributed by atoms with van der Waals surface area (Å²) in [6.07, 6.45) is -2.73. The van der Waals surface area contributed by atoms with Gasteiger partial charge in [0.1, 0.15) is 6.29 Å². The third-order valence-electron chi connectivity index (χ3n) is 1.89. The molecule has 0 saturated heterocycles. The molecule has 82 valence electrons. The second kappa shape index (κ2) is 4.96. The normalized spacial score (nSPS) is 11.5. The van der Waals surface area contributed by atoms with Gasteiger partial charge in [-0.25, -0.2) is 0 Å². The van der Waals surface area contributed by atoms with Crippen LogP contribution < -0.4 is 0 Å². The summed E-state index contributed by atoms with van der Waals surface area (Å²) >= 11 is 1.65. The average molecular weight is 328 g/mol. The molecule has 0 amide bonds. The molecule has 1 aromatic carbocycles. The highest BCUT2D eigenvalue weighted by Crippen LogP contribution is 2.33. The van der Waals surface area contributed by atoms with Gasteiger partial charge in [0.25, 0.3) is 0 Å². The van der Waals surface area contributed by atoms with Crippen molar-refractivity contribution in [2.45, 2.75) is 19.0 Å². The first-order valence-corrected chi connectivity index (χ1v) is 5.32. The van der Waals surface area contributed by atoms with Crippen molar-refractivity contribution in [2.24, 2.45) is 0 Å². The molecule has 0 heterocycles. The van der Waals surface area contributed by atoms with Crippen molar-refractivity contribution in [1.82, 2.24) is 0 Å². The van der Waals surface area contributed by atoms with Gasteiger partial charge in [-0.05, 0) is 46.7 Å². The molecule has 1 nitrogen and oxygen atoms in total. The van der Waals surface area contributed by atoms with Gasteiger partial charge in [0.2, 0.25) is 0 Å². The fraction of sp³-hybridized carbons (Fsp3) is 0.300. The molecule has 0 aromatic heterocycles. The fourth-order valence-corrected chi connectivity index (χ4v) is 2.06. The van der Waals surface area contributed by atoms with Gasteiger partial charge in [0, 0.05) is 9.99 Å². The maximum Gasteiger partial charge on any atom is 0.417 e. The van der Waals surface area contributed by atoms with E-state index in [9.17, 15) is 18.0 Å². The Morgan fingerprint density at radius 3 is 2.47 bits per heavy atom. The lowest BCUT2D eigenvalue weighted by Gasteiger charge is -2.09. The lowest BCUT2D eigenvalue weighted by molar-refractivity contribution is -0.138. The van der Waals surface area contributed by atoms with Crippen LogP contribution in [0.1, 0.15) is 17.5 Å². The first-order chi connectivity index (χ1) is 6.95. The van der Waals surface area contributed by atoms with E-state index in [1.165, 1.54) is 12.1 Å². The minimum Gasteiger partial charge on any atom is -0.303 e. The van der Waals surface area contributed by atoms with Gasteiger partial charge in [0.05, 0.1) is 5.56 Å². The molecule has 0 unspecified atom stereocenters. The van der Waals surface area contributed by atoms with Crippen LogP contribution in [0.4, 0.5) is 13.2 Å². The Morgan fingerprint density at radius 2 is 2.00 bits per heavy atom. The van der Waals surface area contributed by atoms with E-state index in [4.69, 9.17) is 0 Å². The van der Waals surface area contributed by atoms with Crippen LogP contribution in [0.25, 0.3) is 0 Å². The van der Waals surface area contributed by atoms with E-state index in [1.54, 1.807) is 22.6 Å². The number of halogens is 4. The van der Waals surface area contributed by atoms with Crippen molar-refractivity contribution in [3.05, 3.63) is 32.9 Å². The van der Waals surface area contributed by atoms with Crippen molar-refractivity contribution in [3.8, 4) is 0 Å². The SMILES string of the molecule is O=CCCc1ccc(C(F)(F)F)c(I)c1. The quantitative estimate of drug-likeness (QED) is 0.614. The van der Waals surface area contributed by atoms with Crippen molar-refractivity contribution in [1.29, 1.82) is 0 Å². The number of alkyl halides is 3. The fourth-order valence-electron chi connectivity index (χ4n) is 1.17. The second-order valence-electron chi connectivity index (χ2n) is 3.02. The van der Waals surface area contributed by atoms with Crippen molar-refractivity contribution in [3.63, 3.8) is 0 Å². The van der Waals surface area contributed by atoms with E-state index in [1.807, 2.05) is 0 Å². The number of aryl methyl sites for hydroxylation is 1. The van der Waals surface area contributed by atoms with Crippen molar-refractivity contribution >= 4 is 28.9 Å². The van der Waals surface area contributed by atoms with E-state index < -0.39 is 11.7 Å². The van der Waals surface area contributed by atoms with Crippen LogP contribution in [0.15, 0.2) is 18.2 Å². The zero-order valence-corrected chi connectivity index (χ0v) is 9.80. The number of hydrogen-bond acceptors (Lipinski definition) is 1. The van der Waals surface area contributed by atoms with Crippen LogP contribution in [0.5, 0.6) is 0 Å². The minimum absolute atomic E-state index is 0.170. The third-order valence-corrected chi connectivity index (χ3v) is 2.78. The molecule has 15 heavy (non-hydrogen) atoms. The molecule has 1 rings (SSSR count). The van der Waals surface area contributed by atoms with E-state index in [-0.39, 0.29) is 3.57 Å². The molecule has 0 aliphatic carbocycles. The largest absolute Gasteiger partial charge is 0.417 e. The summed E-state index contributed by atoms with van der Waals surface area (Å²) in [6.45, 7) is 0. The molecule has 0 bridgehead atoms. The molecule has 0 aliphatic rings. The van der Waals surface area contributed by atoms with Crippen LogP contribution in [-0.2, 0) is 17.4 Å². The van der Waals surface area contributed by atoms with Crippen LogP contribution in [0.2, 0.25) is 0 Å². The Balaban J connectivity index is 2.93. The predicted molar refractivity (Wildman–Crippen MR) is 58.5 cm³/mol. The van der Waals surface area contributed by atoms with Crippen molar-refractivity contribution < 1.29 is 18.0 Å². The van der Waals surface area contributed by atoms with Crippen LogP contribution >= 0.6 is 22.6 Å². The summed E-state index contributed by atoms with van der Waals surface area (Å²) in [5.74, 6) is 0. The standard InChI is InChI=1S/C10H8F3IO/c11-10(12,13)8-4-3-7(2-1-5-15)6-9(8)14/h3-6H,1-2H2. The van der Waals surface area contributed by atoms with E-state index in [0.717, 1.165) is 17.9 Å². The highest BCUT2D eigenvalue weighted by Gasteiger charge is 2.32. The van der Waals surface area contributed by atoms with Gasteiger partial charge in [-0.15, -0.1) is 0 Å². The maximum atomic E-state index is 12.4. The minimum atomic E-state index is -4.31. The van der Waals surface area contributed by atoms with Gasteiger partial charge < -0.3 is 4.79 Å². The van der Waals surface area contributed by atoms with E-state index in [0.29, 0.717) is 12.8 Å². The molecule has 0 atom stereocenters. The summed E-state index contributed by atoms with van der Waals surface area (Å²) < 4.78 is 37.3. The van der Waals surface area contributed by atoms with Gasteiger partial charge in [-0.3, -0.25) is 0 Å². The first kappa shape index (κ1) is 12.5. The molecule has 0 fully saturated rings. The predicted octanol–water partition coefficient (Wildman–Crippen LogP) is 3.44. The Labute approximate surface area is 98.8 Å². The number of benzene rings is 1. The van der Waals surface area contributed by atoms with E-state index in [2.05, 4.69) is 0 Å². The summed E-state index contributed by atoms with van der Waals surface area (Å²) in [4.78, 5) is 10.1. The van der Waals surface area contributed by atoms with Crippen LogP contribution in [0, 0.1) is 3.57 Å². The molecular weight excluding hydrogens is 320 g/mol. The van der Waals surface area contributed by atoms with Gasteiger partial charge in [0.15, 0.2) is 0 Å². The zero-order chi connectivity index (χ0) is 11.5. The monoisotopic (exact) mass is 328 g/mol. The molecular formula is C10H8F3IO. The molecule has 0 N–H and O–H groups in total. The lowest BCUT2D eigenvalue weighted by atomic mass is 10.1. The molecule has 0 saturated carbocycles. The first-order valence-electron chi connectivity index (χ1n) is 4.24. The third kappa shape index (κ3) is 3.48. The second-order valence-corrected chi connectivity index (χ2v) is 4.18. The lowest BCUT2D eigenvalue weighted by Crippen LogP contribution is -2.07.